The first kappa shape index (κ1) is 22.4. The zero-order chi connectivity index (χ0) is 23.8. The van der Waals surface area contributed by atoms with Gasteiger partial charge in [-0.1, -0.05) is 12.1 Å². The van der Waals surface area contributed by atoms with Crippen molar-refractivity contribution in [2.24, 2.45) is 0 Å². The van der Waals surface area contributed by atoms with E-state index in [0.717, 1.165) is 36.6 Å². The fourth-order valence-electron chi connectivity index (χ4n) is 4.82. The van der Waals surface area contributed by atoms with Gasteiger partial charge in [0.2, 0.25) is 11.9 Å². The molecule has 0 bridgehead atoms. The second kappa shape index (κ2) is 9.12. The molecule has 4 heterocycles. The van der Waals surface area contributed by atoms with Gasteiger partial charge in [0.1, 0.15) is 17.3 Å². The fraction of sp³-hybridized carbons (Fsp3) is 0.520. The van der Waals surface area contributed by atoms with Gasteiger partial charge in [0, 0.05) is 57.7 Å². The summed E-state index contributed by atoms with van der Waals surface area (Å²) in [5, 5.41) is 3.50. The van der Waals surface area contributed by atoms with Crippen LogP contribution in [0.5, 0.6) is 5.75 Å². The second-order valence-electron chi connectivity index (χ2n) is 9.44. The molecule has 9 nitrogen and oxygen atoms in total. The molecule has 2 aromatic rings. The number of benzene rings is 1. The van der Waals surface area contributed by atoms with Crippen molar-refractivity contribution in [3.05, 3.63) is 40.6 Å². The van der Waals surface area contributed by atoms with Crippen molar-refractivity contribution in [3.63, 3.8) is 0 Å². The van der Waals surface area contributed by atoms with Crippen LogP contribution in [0.1, 0.15) is 48.0 Å². The number of hydrogen-bond donors (Lipinski definition) is 1. The third kappa shape index (κ3) is 4.26. The first-order valence-corrected chi connectivity index (χ1v) is 12.1. The highest BCUT2D eigenvalue weighted by molar-refractivity contribution is 5.98. The lowest BCUT2D eigenvalue weighted by molar-refractivity contribution is -0.129. The molecule has 1 aromatic carbocycles. The lowest BCUT2D eigenvalue weighted by Crippen LogP contribution is -2.48. The van der Waals surface area contributed by atoms with Crippen LogP contribution >= 0.6 is 0 Å². The highest BCUT2D eigenvalue weighted by Crippen LogP contribution is 2.31. The molecular weight excluding hydrogens is 432 g/mol. The largest absolute Gasteiger partial charge is 0.493 e. The monoisotopic (exact) mass is 464 g/mol. The van der Waals surface area contributed by atoms with Gasteiger partial charge in [-0.15, -0.1) is 0 Å². The summed E-state index contributed by atoms with van der Waals surface area (Å²) in [7, 11) is 0. The molecule has 9 heteroatoms. The maximum Gasteiger partial charge on any atom is 0.273 e. The predicted molar refractivity (Wildman–Crippen MR) is 129 cm³/mol. The van der Waals surface area contributed by atoms with Crippen LogP contribution in [0.15, 0.2) is 18.2 Å². The van der Waals surface area contributed by atoms with Gasteiger partial charge in [-0.05, 0) is 37.5 Å². The number of amides is 2. The average molecular weight is 465 g/mol. The molecule has 1 aromatic heterocycles. The molecule has 2 amide bonds. The number of piperazine rings is 1. The number of anilines is 2. The molecule has 34 heavy (non-hydrogen) atoms. The zero-order valence-electron chi connectivity index (χ0n) is 20.1. The SMILES string of the molecule is CC(=O)N1CCN(c2nc(NCCc3ccc4c(c3)CCO4)c3c(n2)C(=O)N(C(C)C)C3)CC1. The summed E-state index contributed by atoms with van der Waals surface area (Å²) >= 11 is 0. The minimum absolute atomic E-state index is 0.0438. The Labute approximate surface area is 200 Å². The van der Waals surface area contributed by atoms with Gasteiger partial charge in [-0.2, -0.15) is 4.98 Å². The molecule has 3 aliphatic rings. The van der Waals surface area contributed by atoms with E-state index in [2.05, 4.69) is 28.4 Å². The lowest BCUT2D eigenvalue weighted by atomic mass is 10.1. The smallest absolute Gasteiger partial charge is 0.273 e. The molecule has 0 unspecified atom stereocenters. The van der Waals surface area contributed by atoms with Crippen molar-refractivity contribution in [3.8, 4) is 5.75 Å². The van der Waals surface area contributed by atoms with E-state index in [1.165, 1.54) is 11.1 Å². The van der Waals surface area contributed by atoms with E-state index < -0.39 is 0 Å². The number of carbonyl (C=O) groups is 2. The van der Waals surface area contributed by atoms with E-state index in [-0.39, 0.29) is 17.9 Å². The van der Waals surface area contributed by atoms with Crippen LogP contribution in [-0.4, -0.2) is 77.0 Å². The van der Waals surface area contributed by atoms with E-state index in [4.69, 9.17) is 14.7 Å². The Morgan fingerprint density at radius 2 is 1.97 bits per heavy atom. The Morgan fingerprint density at radius 3 is 2.71 bits per heavy atom. The maximum absolute atomic E-state index is 13.1. The molecule has 1 saturated heterocycles. The highest BCUT2D eigenvalue weighted by atomic mass is 16.5. The first-order chi connectivity index (χ1) is 16.4. The highest BCUT2D eigenvalue weighted by Gasteiger charge is 2.35. The number of carbonyl (C=O) groups excluding carboxylic acids is 2. The summed E-state index contributed by atoms with van der Waals surface area (Å²) in [6.07, 6.45) is 1.81. The number of rotatable bonds is 6. The maximum atomic E-state index is 13.1. The van der Waals surface area contributed by atoms with Crippen LogP contribution in [0.3, 0.4) is 0 Å². The number of hydrogen-bond acceptors (Lipinski definition) is 7. The zero-order valence-corrected chi connectivity index (χ0v) is 20.1. The van der Waals surface area contributed by atoms with Crippen LogP contribution in [0.4, 0.5) is 11.8 Å². The first-order valence-electron chi connectivity index (χ1n) is 12.1. The normalized spacial score (nSPS) is 17.2. The molecular formula is C25H32N6O3. The Morgan fingerprint density at radius 1 is 1.18 bits per heavy atom. The van der Waals surface area contributed by atoms with Gasteiger partial charge < -0.3 is 24.8 Å². The molecule has 3 aliphatic heterocycles. The van der Waals surface area contributed by atoms with Gasteiger partial charge >= 0.3 is 0 Å². The second-order valence-corrected chi connectivity index (χ2v) is 9.44. The molecule has 1 N–H and O–H groups in total. The van der Waals surface area contributed by atoms with Crippen LogP contribution < -0.4 is 15.0 Å². The predicted octanol–water partition coefficient (Wildman–Crippen LogP) is 2.10. The summed E-state index contributed by atoms with van der Waals surface area (Å²) in [5.41, 5.74) is 3.88. The molecule has 5 rings (SSSR count). The van der Waals surface area contributed by atoms with E-state index in [0.29, 0.717) is 50.9 Å². The van der Waals surface area contributed by atoms with Gasteiger partial charge in [0.25, 0.3) is 5.91 Å². The van der Waals surface area contributed by atoms with E-state index in [1.54, 1.807) is 6.92 Å². The Hall–Kier alpha value is -3.36. The van der Waals surface area contributed by atoms with E-state index in [1.807, 2.05) is 23.6 Å². The van der Waals surface area contributed by atoms with Crippen LogP contribution in [0, 0.1) is 0 Å². The van der Waals surface area contributed by atoms with Crippen LogP contribution in [-0.2, 0) is 24.2 Å². The van der Waals surface area contributed by atoms with E-state index >= 15 is 0 Å². The molecule has 0 aliphatic carbocycles. The van der Waals surface area contributed by atoms with Crippen molar-refractivity contribution in [2.75, 3.05) is 49.5 Å². The molecule has 180 valence electrons. The number of nitrogens with zero attached hydrogens (tertiary/aromatic N) is 5. The average Bonchev–Trinajstić information content (AvgIpc) is 3.43. The molecule has 1 fully saturated rings. The van der Waals surface area contributed by atoms with Gasteiger partial charge in [-0.25, -0.2) is 4.98 Å². The van der Waals surface area contributed by atoms with Crippen molar-refractivity contribution in [2.45, 2.75) is 46.2 Å². The molecule has 0 radical (unpaired) electrons. The van der Waals surface area contributed by atoms with Crippen molar-refractivity contribution < 1.29 is 14.3 Å². The van der Waals surface area contributed by atoms with Gasteiger partial charge in [0.05, 0.1) is 13.2 Å². The molecule has 0 spiro atoms. The minimum atomic E-state index is -0.0438. The van der Waals surface area contributed by atoms with Crippen molar-refractivity contribution >= 4 is 23.6 Å². The standard InChI is InChI=1S/C25H32N6O3/c1-16(2)31-15-20-22(24(31)33)27-25(30-11-9-29(10-12-30)17(3)32)28-23(20)26-8-6-18-4-5-21-19(14-18)7-13-34-21/h4-5,14,16H,6-13,15H2,1-3H3,(H,26,27,28). The summed E-state index contributed by atoms with van der Waals surface area (Å²) < 4.78 is 5.61. The van der Waals surface area contributed by atoms with Crippen LogP contribution in [0.2, 0.25) is 0 Å². The fourth-order valence-corrected chi connectivity index (χ4v) is 4.82. The Bertz CT molecular complexity index is 1110. The molecule has 0 atom stereocenters. The van der Waals surface area contributed by atoms with Crippen molar-refractivity contribution in [1.29, 1.82) is 0 Å². The quantitative estimate of drug-likeness (QED) is 0.700. The topological polar surface area (TPSA) is 90.9 Å². The van der Waals surface area contributed by atoms with Crippen molar-refractivity contribution in [1.82, 2.24) is 19.8 Å². The summed E-state index contributed by atoms with van der Waals surface area (Å²) in [4.78, 5) is 40.1. The third-order valence-electron chi connectivity index (χ3n) is 6.88. The summed E-state index contributed by atoms with van der Waals surface area (Å²) in [6, 6.07) is 6.47. The lowest BCUT2D eigenvalue weighted by Gasteiger charge is -2.34. The minimum Gasteiger partial charge on any atom is -0.493 e. The Kier molecular flexibility index (Phi) is 6.02. The van der Waals surface area contributed by atoms with Gasteiger partial charge in [0.15, 0.2) is 0 Å². The van der Waals surface area contributed by atoms with Gasteiger partial charge in [-0.3, -0.25) is 9.59 Å². The third-order valence-corrected chi connectivity index (χ3v) is 6.88. The van der Waals surface area contributed by atoms with E-state index in [9.17, 15) is 9.59 Å². The van der Waals surface area contributed by atoms with Crippen LogP contribution in [0.25, 0.3) is 0 Å². The number of nitrogens with one attached hydrogen (secondary N) is 1. The summed E-state index contributed by atoms with van der Waals surface area (Å²) in [6.45, 7) is 10.2. The number of ether oxygens (including phenoxy) is 1. The number of aromatic nitrogens is 2. The Balaban J connectivity index is 1.35. The molecule has 0 saturated carbocycles. The summed E-state index contributed by atoms with van der Waals surface area (Å²) in [5.74, 6) is 2.32. The number of fused-ring (bicyclic) bond motifs is 2.